The van der Waals surface area contributed by atoms with Crippen molar-refractivity contribution in [3.8, 4) is 0 Å². The fraction of sp³-hybridized carbons (Fsp3) is 0.462. The number of rotatable bonds is 7. The summed E-state index contributed by atoms with van der Waals surface area (Å²) in [6.45, 7) is 2.15. The number of nitrogens with zero attached hydrogens (tertiary/aromatic N) is 1. The van der Waals surface area contributed by atoms with Crippen LogP contribution in [0.4, 0.5) is 5.69 Å². The minimum Gasteiger partial charge on any atom is -0.385 e. The van der Waals surface area contributed by atoms with Crippen molar-refractivity contribution in [1.82, 2.24) is 5.32 Å². The largest absolute Gasteiger partial charge is 0.385 e. The summed E-state index contributed by atoms with van der Waals surface area (Å²) in [5, 5.41) is 13.4. The zero-order chi connectivity index (χ0) is 15.1. The predicted octanol–water partition coefficient (Wildman–Crippen LogP) is 1.14. The Bertz CT molecular complexity index is 478. The third kappa shape index (κ3) is 4.60. The van der Waals surface area contributed by atoms with Gasteiger partial charge in [0.1, 0.15) is 0 Å². The van der Waals surface area contributed by atoms with Crippen LogP contribution in [0.1, 0.15) is 24.9 Å². The van der Waals surface area contributed by atoms with Gasteiger partial charge in [-0.15, -0.1) is 0 Å². The summed E-state index contributed by atoms with van der Waals surface area (Å²) in [5.41, 5.74) is 6.36. The molecule has 7 nitrogen and oxygen atoms in total. The van der Waals surface area contributed by atoms with E-state index in [4.69, 9.17) is 10.5 Å². The number of nitrogens with one attached hydrogen (secondary N) is 1. The van der Waals surface area contributed by atoms with Crippen molar-refractivity contribution in [2.24, 2.45) is 5.73 Å². The molecular formula is C13H19N3O4. The molecule has 0 saturated heterocycles. The van der Waals surface area contributed by atoms with Gasteiger partial charge in [0.25, 0.3) is 5.69 Å². The van der Waals surface area contributed by atoms with E-state index in [1.165, 1.54) is 19.2 Å². The highest BCUT2D eigenvalue weighted by molar-refractivity contribution is 5.81. The zero-order valence-corrected chi connectivity index (χ0v) is 11.5. The highest BCUT2D eigenvalue weighted by Crippen LogP contribution is 2.18. The Labute approximate surface area is 117 Å². The summed E-state index contributed by atoms with van der Waals surface area (Å²) < 4.78 is 4.86. The number of hydrogen-bond acceptors (Lipinski definition) is 5. The standard InChI is InChI=1S/C13H19N3O4/c1-9(15-13(17)12(14)6-7-20-2)10-4-3-5-11(8-10)16(18)19/h3-5,8-9,12H,6-7,14H2,1-2H3,(H,15,17). The van der Waals surface area contributed by atoms with Gasteiger partial charge in [-0.25, -0.2) is 0 Å². The molecule has 110 valence electrons. The molecule has 0 radical (unpaired) electrons. The molecule has 2 atom stereocenters. The SMILES string of the molecule is COCCC(N)C(=O)NC(C)c1cccc([N+](=O)[O-])c1. The molecular weight excluding hydrogens is 262 g/mol. The van der Waals surface area contributed by atoms with Gasteiger partial charge in [0, 0.05) is 25.8 Å². The number of methoxy groups -OCH3 is 1. The zero-order valence-electron chi connectivity index (χ0n) is 11.5. The van der Waals surface area contributed by atoms with Crippen LogP contribution in [0.25, 0.3) is 0 Å². The first kappa shape index (κ1) is 16.1. The van der Waals surface area contributed by atoms with Crippen LogP contribution in [0.3, 0.4) is 0 Å². The van der Waals surface area contributed by atoms with E-state index in [0.717, 1.165) is 0 Å². The van der Waals surface area contributed by atoms with Gasteiger partial charge >= 0.3 is 0 Å². The topological polar surface area (TPSA) is 107 Å². The quantitative estimate of drug-likeness (QED) is 0.575. The lowest BCUT2D eigenvalue weighted by Gasteiger charge is -2.17. The second-order valence-corrected chi connectivity index (χ2v) is 4.47. The third-order valence-electron chi connectivity index (χ3n) is 2.91. The summed E-state index contributed by atoms with van der Waals surface area (Å²) in [6.07, 6.45) is 0.421. The molecule has 2 unspecified atom stereocenters. The van der Waals surface area contributed by atoms with Gasteiger partial charge in [0.2, 0.25) is 5.91 Å². The number of benzene rings is 1. The van der Waals surface area contributed by atoms with E-state index < -0.39 is 11.0 Å². The smallest absolute Gasteiger partial charge is 0.269 e. The number of amides is 1. The van der Waals surface area contributed by atoms with Gasteiger partial charge in [-0.2, -0.15) is 0 Å². The molecule has 1 rings (SSSR count). The van der Waals surface area contributed by atoms with Crippen molar-refractivity contribution >= 4 is 11.6 Å². The molecule has 0 bridgehead atoms. The van der Waals surface area contributed by atoms with Crippen LogP contribution in [0.15, 0.2) is 24.3 Å². The second kappa shape index (κ2) is 7.56. The molecule has 7 heteroatoms. The first-order valence-corrected chi connectivity index (χ1v) is 6.25. The van der Waals surface area contributed by atoms with Crippen LogP contribution < -0.4 is 11.1 Å². The molecule has 0 aromatic heterocycles. The van der Waals surface area contributed by atoms with Gasteiger partial charge < -0.3 is 15.8 Å². The minimum atomic E-state index is -0.656. The highest BCUT2D eigenvalue weighted by atomic mass is 16.6. The van der Waals surface area contributed by atoms with E-state index in [-0.39, 0.29) is 17.6 Å². The number of carbonyl (C=O) groups is 1. The molecule has 0 saturated carbocycles. The van der Waals surface area contributed by atoms with Crippen molar-refractivity contribution in [3.05, 3.63) is 39.9 Å². The number of nitro benzene ring substituents is 1. The molecule has 20 heavy (non-hydrogen) atoms. The van der Waals surface area contributed by atoms with E-state index in [1.807, 2.05) is 0 Å². The lowest BCUT2D eigenvalue weighted by molar-refractivity contribution is -0.384. The molecule has 0 spiro atoms. The Kier molecular flexibility index (Phi) is 6.08. The van der Waals surface area contributed by atoms with Crippen molar-refractivity contribution in [1.29, 1.82) is 0 Å². The Balaban J connectivity index is 2.66. The summed E-state index contributed by atoms with van der Waals surface area (Å²) in [6, 6.07) is 5.14. The molecule has 0 aliphatic rings. The van der Waals surface area contributed by atoms with E-state index in [9.17, 15) is 14.9 Å². The predicted molar refractivity (Wildman–Crippen MR) is 74.1 cm³/mol. The molecule has 0 aliphatic carbocycles. The van der Waals surface area contributed by atoms with Crippen molar-refractivity contribution in [3.63, 3.8) is 0 Å². The number of ether oxygens (including phenoxy) is 1. The van der Waals surface area contributed by atoms with Crippen molar-refractivity contribution < 1.29 is 14.5 Å². The summed E-state index contributed by atoms with van der Waals surface area (Å²) in [7, 11) is 1.54. The normalized spacial score (nSPS) is 13.6. The summed E-state index contributed by atoms with van der Waals surface area (Å²) >= 11 is 0. The van der Waals surface area contributed by atoms with Gasteiger partial charge in [-0.1, -0.05) is 12.1 Å². The molecule has 1 aromatic rings. The van der Waals surface area contributed by atoms with Crippen molar-refractivity contribution in [2.75, 3.05) is 13.7 Å². The van der Waals surface area contributed by atoms with E-state index in [1.54, 1.807) is 19.1 Å². The average molecular weight is 281 g/mol. The first-order valence-electron chi connectivity index (χ1n) is 6.25. The lowest BCUT2D eigenvalue weighted by atomic mass is 10.1. The number of nitro groups is 1. The van der Waals surface area contributed by atoms with E-state index in [0.29, 0.717) is 18.6 Å². The van der Waals surface area contributed by atoms with Crippen LogP contribution >= 0.6 is 0 Å². The molecule has 0 fully saturated rings. The average Bonchev–Trinajstić information content (AvgIpc) is 2.44. The number of nitrogens with two attached hydrogens (primary N) is 1. The maximum atomic E-state index is 11.8. The fourth-order valence-electron chi connectivity index (χ4n) is 1.69. The number of non-ortho nitro benzene ring substituents is 1. The molecule has 0 heterocycles. The maximum absolute atomic E-state index is 11.8. The van der Waals surface area contributed by atoms with Gasteiger partial charge in [0.05, 0.1) is 17.0 Å². The van der Waals surface area contributed by atoms with Gasteiger partial charge in [0.15, 0.2) is 0 Å². The molecule has 1 amide bonds. The Morgan fingerprint density at radius 3 is 2.85 bits per heavy atom. The fourth-order valence-corrected chi connectivity index (χ4v) is 1.69. The molecule has 0 aliphatic heterocycles. The Hall–Kier alpha value is -1.99. The molecule has 1 aromatic carbocycles. The van der Waals surface area contributed by atoms with Gasteiger partial charge in [-0.05, 0) is 18.9 Å². The monoisotopic (exact) mass is 281 g/mol. The summed E-state index contributed by atoms with van der Waals surface area (Å²) in [4.78, 5) is 22.1. The van der Waals surface area contributed by atoms with Crippen LogP contribution in [-0.2, 0) is 9.53 Å². The van der Waals surface area contributed by atoms with Crippen LogP contribution in [0.5, 0.6) is 0 Å². The Morgan fingerprint density at radius 2 is 2.25 bits per heavy atom. The van der Waals surface area contributed by atoms with E-state index >= 15 is 0 Å². The lowest BCUT2D eigenvalue weighted by Crippen LogP contribution is -2.42. The second-order valence-electron chi connectivity index (χ2n) is 4.47. The van der Waals surface area contributed by atoms with Gasteiger partial charge in [-0.3, -0.25) is 14.9 Å². The number of carbonyl (C=O) groups excluding carboxylic acids is 1. The summed E-state index contributed by atoms with van der Waals surface area (Å²) in [5.74, 6) is -0.305. The first-order chi connectivity index (χ1) is 9.45. The van der Waals surface area contributed by atoms with Crippen LogP contribution in [0.2, 0.25) is 0 Å². The minimum absolute atomic E-state index is 0.00715. The number of hydrogen-bond donors (Lipinski definition) is 2. The van der Waals surface area contributed by atoms with E-state index in [2.05, 4.69) is 5.32 Å². The van der Waals surface area contributed by atoms with Crippen molar-refractivity contribution in [2.45, 2.75) is 25.4 Å². The maximum Gasteiger partial charge on any atom is 0.269 e. The van der Waals surface area contributed by atoms with Crippen LogP contribution in [0, 0.1) is 10.1 Å². The third-order valence-corrected chi connectivity index (χ3v) is 2.91. The molecule has 3 N–H and O–H groups in total. The van der Waals surface area contributed by atoms with Crippen LogP contribution in [-0.4, -0.2) is 30.6 Å². The Morgan fingerprint density at radius 1 is 1.55 bits per heavy atom. The highest BCUT2D eigenvalue weighted by Gasteiger charge is 2.17.